The highest BCUT2D eigenvalue weighted by atomic mass is 16.5. The van der Waals surface area contributed by atoms with Crippen LogP contribution in [0.3, 0.4) is 0 Å². The fraction of sp³-hybridized carbons (Fsp3) is 0.870. The van der Waals surface area contributed by atoms with Crippen molar-refractivity contribution in [3.63, 3.8) is 0 Å². The number of carbonyl (C=O) groups excluding carboxylic acids is 3. The van der Waals surface area contributed by atoms with Crippen LogP contribution in [0.5, 0.6) is 0 Å². The lowest BCUT2D eigenvalue weighted by atomic mass is 10.1. The summed E-state index contributed by atoms with van der Waals surface area (Å²) in [5.41, 5.74) is 0. The van der Waals surface area contributed by atoms with Crippen molar-refractivity contribution in [3.8, 4) is 0 Å². The SMILES string of the molecule is CCCCCCCCCCCOC(=O)CCCCCCCC(=O)OCC(=O)CO. The van der Waals surface area contributed by atoms with Crippen LogP contribution in [-0.2, 0) is 23.9 Å². The molecule has 0 atom stereocenters. The Labute approximate surface area is 176 Å². The van der Waals surface area contributed by atoms with Gasteiger partial charge in [-0.25, -0.2) is 0 Å². The summed E-state index contributed by atoms with van der Waals surface area (Å²) < 4.78 is 10.0. The largest absolute Gasteiger partial charge is 0.466 e. The van der Waals surface area contributed by atoms with Gasteiger partial charge in [0, 0.05) is 12.8 Å². The van der Waals surface area contributed by atoms with Gasteiger partial charge in [-0.1, -0.05) is 77.6 Å². The van der Waals surface area contributed by atoms with E-state index in [2.05, 4.69) is 6.92 Å². The minimum absolute atomic E-state index is 0.110. The Morgan fingerprint density at radius 2 is 1.07 bits per heavy atom. The molecule has 0 aromatic rings. The molecule has 0 heterocycles. The van der Waals surface area contributed by atoms with E-state index in [1.165, 1.54) is 44.9 Å². The second-order valence-corrected chi connectivity index (χ2v) is 7.67. The van der Waals surface area contributed by atoms with E-state index in [1.807, 2.05) is 0 Å². The number of aliphatic hydroxyl groups excluding tert-OH is 1. The molecule has 0 aliphatic carbocycles. The van der Waals surface area contributed by atoms with Crippen molar-refractivity contribution in [2.45, 2.75) is 110 Å². The van der Waals surface area contributed by atoms with E-state index in [-0.39, 0.29) is 19.0 Å². The summed E-state index contributed by atoms with van der Waals surface area (Å²) in [5, 5.41) is 8.53. The zero-order valence-electron chi connectivity index (χ0n) is 18.4. The minimum Gasteiger partial charge on any atom is -0.466 e. The maximum Gasteiger partial charge on any atom is 0.306 e. The van der Waals surface area contributed by atoms with Gasteiger partial charge in [0.15, 0.2) is 12.4 Å². The summed E-state index contributed by atoms with van der Waals surface area (Å²) in [6.45, 7) is 1.82. The van der Waals surface area contributed by atoms with Crippen molar-refractivity contribution >= 4 is 17.7 Å². The number of ketones is 1. The van der Waals surface area contributed by atoms with Crippen molar-refractivity contribution < 1.29 is 29.0 Å². The summed E-state index contributed by atoms with van der Waals surface area (Å²) in [6.07, 6.45) is 16.3. The number of ether oxygens (including phenoxy) is 2. The summed E-state index contributed by atoms with van der Waals surface area (Å²) >= 11 is 0. The maximum absolute atomic E-state index is 11.7. The normalized spacial score (nSPS) is 10.7. The zero-order valence-corrected chi connectivity index (χ0v) is 18.4. The van der Waals surface area contributed by atoms with Crippen LogP contribution in [0, 0.1) is 0 Å². The molecule has 0 aliphatic heterocycles. The molecule has 0 rings (SSSR count). The molecule has 0 unspecified atom stereocenters. The van der Waals surface area contributed by atoms with Gasteiger partial charge in [0.2, 0.25) is 0 Å². The van der Waals surface area contributed by atoms with E-state index in [9.17, 15) is 14.4 Å². The molecule has 0 aromatic heterocycles. The van der Waals surface area contributed by atoms with Crippen LogP contribution < -0.4 is 0 Å². The predicted octanol–water partition coefficient (Wildman–Crippen LogP) is 4.90. The van der Waals surface area contributed by atoms with Gasteiger partial charge < -0.3 is 14.6 Å². The molecule has 0 amide bonds. The Bertz CT molecular complexity index is 422. The van der Waals surface area contributed by atoms with Gasteiger partial charge in [-0.05, 0) is 19.3 Å². The summed E-state index contributed by atoms with van der Waals surface area (Å²) in [7, 11) is 0. The van der Waals surface area contributed by atoms with Crippen molar-refractivity contribution in [1.82, 2.24) is 0 Å². The third-order valence-electron chi connectivity index (χ3n) is 4.84. The van der Waals surface area contributed by atoms with Crippen molar-refractivity contribution in [3.05, 3.63) is 0 Å². The van der Waals surface area contributed by atoms with Crippen LogP contribution in [0.4, 0.5) is 0 Å². The number of rotatable bonds is 21. The van der Waals surface area contributed by atoms with Crippen molar-refractivity contribution in [2.75, 3.05) is 19.8 Å². The van der Waals surface area contributed by atoms with Crippen LogP contribution in [0.25, 0.3) is 0 Å². The topological polar surface area (TPSA) is 89.9 Å². The first-order valence-corrected chi connectivity index (χ1v) is 11.5. The molecule has 0 saturated heterocycles. The van der Waals surface area contributed by atoms with E-state index >= 15 is 0 Å². The van der Waals surface area contributed by atoms with E-state index < -0.39 is 18.4 Å². The Morgan fingerprint density at radius 1 is 0.621 bits per heavy atom. The van der Waals surface area contributed by atoms with E-state index in [0.29, 0.717) is 19.4 Å². The molecule has 0 aromatic carbocycles. The highest BCUT2D eigenvalue weighted by Crippen LogP contribution is 2.11. The number of carbonyl (C=O) groups is 3. The van der Waals surface area contributed by atoms with Gasteiger partial charge in [0.1, 0.15) is 6.61 Å². The summed E-state index contributed by atoms with van der Waals surface area (Å²) in [6, 6.07) is 0. The average molecular weight is 415 g/mol. The Balaban J connectivity index is 3.30. The van der Waals surface area contributed by atoms with Crippen molar-refractivity contribution in [2.24, 2.45) is 0 Å². The fourth-order valence-corrected chi connectivity index (χ4v) is 3.02. The lowest BCUT2D eigenvalue weighted by molar-refractivity contribution is -0.148. The van der Waals surface area contributed by atoms with Crippen LogP contribution in [0.2, 0.25) is 0 Å². The molecular formula is C23H42O6. The van der Waals surface area contributed by atoms with Gasteiger partial charge in [0.05, 0.1) is 6.61 Å². The van der Waals surface area contributed by atoms with Crippen LogP contribution in [0.15, 0.2) is 0 Å². The van der Waals surface area contributed by atoms with Gasteiger partial charge in [-0.2, -0.15) is 0 Å². The van der Waals surface area contributed by atoms with Gasteiger partial charge in [-0.3, -0.25) is 14.4 Å². The molecule has 0 fully saturated rings. The lowest BCUT2D eigenvalue weighted by Gasteiger charge is -2.06. The first kappa shape index (κ1) is 27.6. The van der Waals surface area contributed by atoms with Crippen LogP contribution in [0.1, 0.15) is 110 Å². The number of hydrogen-bond donors (Lipinski definition) is 1. The fourth-order valence-electron chi connectivity index (χ4n) is 3.02. The molecular weight excluding hydrogens is 372 g/mol. The highest BCUT2D eigenvalue weighted by Gasteiger charge is 2.07. The molecule has 1 N–H and O–H groups in total. The summed E-state index contributed by atoms with van der Waals surface area (Å²) in [4.78, 5) is 33.9. The first-order chi connectivity index (χ1) is 14.1. The van der Waals surface area contributed by atoms with Crippen LogP contribution >= 0.6 is 0 Å². The summed E-state index contributed by atoms with van der Waals surface area (Å²) in [5.74, 6) is -1.02. The standard InChI is InChI=1S/C23H42O6/c1-2-3-4-5-6-7-8-12-15-18-28-22(26)16-13-10-9-11-14-17-23(27)29-20-21(25)19-24/h24H,2-20H2,1H3. The Hall–Kier alpha value is -1.43. The lowest BCUT2D eigenvalue weighted by Crippen LogP contribution is -2.16. The number of unbranched alkanes of at least 4 members (excludes halogenated alkanes) is 12. The quantitative estimate of drug-likeness (QED) is 0.212. The Kier molecular flexibility index (Phi) is 20.2. The average Bonchev–Trinajstić information content (AvgIpc) is 2.72. The van der Waals surface area contributed by atoms with Crippen LogP contribution in [-0.4, -0.2) is 42.6 Å². The smallest absolute Gasteiger partial charge is 0.306 e. The van der Waals surface area contributed by atoms with Gasteiger partial charge in [-0.15, -0.1) is 0 Å². The van der Waals surface area contributed by atoms with Gasteiger partial charge in [0.25, 0.3) is 0 Å². The highest BCUT2D eigenvalue weighted by molar-refractivity contribution is 5.83. The predicted molar refractivity (Wildman–Crippen MR) is 114 cm³/mol. The zero-order chi connectivity index (χ0) is 21.6. The van der Waals surface area contributed by atoms with E-state index in [1.54, 1.807) is 0 Å². The molecule has 0 bridgehead atoms. The molecule has 0 radical (unpaired) electrons. The first-order valence-electron chi connectivity index (χ1n) is 11.5. The number of aliphatic hydroxyl groups is 1. The van der Waals surface area contributed by atoms with Crippen molar-refractivity contribution in [1.29, 1.82) is 0 Å². The molecule has 29 heavy (non-hydrogen) atoms. The third-order valence-corrected chi connectivity index (χ3v) is 4.84. The molecule has 6 nitrogen and oxygen atoms in total. The minimum atomic E-state index is -0.602. The Morgan fingerprint density at radius 3 is 1.59 bits per heavy atom. The molecule has 0 saturated carbocycles. The van der Waals surface area contributed by atoms with Gasteiger partial charge >= 0.3 is 11.9 Å². The molecule has 0 spiro atoms. The monoisotopic (exact) mass is 414 g/mol. The number of hydrogen-bond acceptors (Lipinski definition) is 6. The second kappa shape index (κ2) is 21.3. The number of Topliss-reactive ketones (excluding diaryl/α,β-unsaturated/α-hetero) is 1. The molecule has 6 heteroatoms. The molecule has 170 valence electrons. The number of esters is 2. The second-order valence-electron chi connectivity index (χ2n) is 7.67. The third kappa shape index (κ3) is 21.1. The van der Waals surface area contributed by atoms with E-state index in [0.717, 1.165) is 38.5 Å². The maximum atomic E-state index is 11.7. The molecule has 0 aliphatic rings. The van der Waals surface area contributed by atoms with E-state index in [4.69, 9.17) is 14.6 Å².